The predicted octanol–water partition coefficient (Wildman–Crippen LogP) is 32.3. The van der Waals surface area contributed by atoms with Crippen LogP contribution < -0.4 is 0 Å². The molecule has 7 heterocycles. The molecule has 1 aliphatic rings. The molecule has 1 aliphatic carbocycles. The van der Waals surface area contributed by atoms with Crippen LogP contribution in [0.3, 0.4) is 0 Å². The molecule has 0 saturated heterocycles. The van der Waals surface area contributed by atoms with Gasteiger partial charge in [0.25, 0.3) is 0 Å². The van der Waals surface area contributed by atoms with E-state index in [-0.39, 0.29) is 5.41 Å². The molecule has 28 aromatic rings. The van der Waals surface area contributed by atoms with Gasteiger partial charge < -0.3 is 22.8 Å². The summed E-state index contributed by atoms with van der Waals surface area (Å²) in [6.45, 7) is 4.69. The van der Waals surface area contributed by atoms with E-state index in [1.165, 1.54) is 136 Å². The Morgan fingerprint density at radius 1 is 0.172 bits per heavy atom. The Bertz CT molecular complexity index is 9800. The lowest BCUT2D eigenvalue weighted by molar-refractivity contribution is 0.662. The van der Waals surface area contributed by atoms with Crippen molar-refractivity contribution >= 4 is 174 Å². The first kappa shape index (κ1) is 75.3. The van der Waals surface area contributed by atoms with Crippen molar-refractivity contribution in [3.05, 3.63) is 454 Å². The van der Waals surface area contributed by atoms with E-state index >= 15 is 0 Å². The van der Waals surface area contributed by atoms with Crippen LogP contribution in [0.4, 0.5) is 0 Å². The van der Waals surface area contributed by atoms with Gasteiger partial charge in [0.1, 0.15) is 0 Å². The highest BCUT2D eigenvalue weighted by Crippen LogP contribution is 2.54. The normalized spacial score (nSPS) is 12.6. The molecule has 0 atom stereocenters. The molecule has 134 heavy (non-hydrogen) atoms. The van der Waals surface area contributed by atoms with Gasteiger partial charge in [-0.3, -0.25) is 0 Å². The quantitative estimate of drug-likeness (QED) is 0.144. The zero-order valence-corrected chi connectivity index (χ0v) is 73.2. The smallest absolute Gasteiger partial charge is 0.0979 e. The van der Waals surface area contributed by atoms with Crippen molar-refractivity contribution in [2.75, 3.05) is 0 Å². The molecule has 29 rings (SSSR count). The summed E-state index contributed by atoms with van der Waals surface area (Å²) >= 11 is 0. The maximum Gasteiger partial charge on any atom is 0.0979 e. The van der Waals surface area contributed by atoms with Crippen LogP contribution >= 0.6 is 0 Å². The SMILES string of the molecule is CC1(C)c2ccccc2-c2cccc(-c3nc4ccccc4nc3-c3cccc4cc(-n5c6cc(-n7c8ccccc8c8ccccc87)ccc6c6cc7ccccc7cc65)ccc34)c21.c1ccc(-n2c3ccccc3c3cc(-c4nc5ccccc5nc4-c4cccc5cc(-n6c7cc(-n8c9ccccc9c9ccccc98)ccc7c7cc8ccccc8cc76)ccc45)ccc32)cc1. The fraction of sp³-hybridized carbons (Fsp3) is 0.0240. The van der Waals surface area contributed by atoms with E-state index in [9.17, 15) is 0 Å². The molecule has 0 amide bonds. The van der Waals surface area contributed by atoms with E-state index in [2.05, 4.69) is 467 Å². The minimum absolute atomic E-state index is 0.212. The average Bonchev–Trinajstić information content (AvgIpc) is 1.57. The standard InChI is InChI=1S/C64H39N5.C61H40N4/c1-2-18-44(19-3-1)67-59-28-13-8-22-50(59)53-37-43(29-34-60(53)67)63-64(66-56-25-10-9-24-55(56)65-63)52-23-14-17-42-35-45(30-32-47(42)52)69-61-38-41-16-5-4-15-40(41)36-54(61)51-33-31-46(39-62(51)69)68-57-26-11-6-20-48(57)49-21-7-12-27-58(49)68;1-61(2)51-24-8-5-18-43(51)47-21-14-23-49(58(47)61)60-59(62-52-25-9-10-26-53(52)63-60)48-22-13-17-39-33-40(29-31-42(39)48)65-56-35-38-16-4-3-15-37(38)34-50(56)46-32-30-41(36-57(46)65)64-54-27-11-6-19-44(54)45-20-7-12-28-55(45)64/h1-39H;3-36H,1-2H3. The first-order valence-electron chi connectivity index (χ1n) is 46.1. The van der Waals surface area contributed by atoms with Gasteiger partial charge in [0.15, 0.2) is 0 Å². The average molecular weight is 1710 g/mol. The highest BCUT2D eigenvalue weighted by atomic mass is 15.0. The lowest BCUT2D eigenvalue weighted by Gasteiger charge is -2.25. The van der Waals surface area contributed by atoms with Crippen molar-refractivity contribution in [1.82, 2.24) is 42.8 Å². The predicted molar refractivity (Wildman–Crippen MR) is 560 cm³/mol. The van der Waals surface area contributed by atoms with Crippen molar-refractivity contribution in [3.63, 3.8) is 0 Å². The highest BCUT2D eigenvalue weighted by Gasteiger charge is 2.39. The Labute approximate surface area is 769 Å². The first-order valence-corrected chi connectivity index (χ1v) is 46.1. The summed E-state index contributed by atoms with van der Waals surface area (Å²) in [5, 5.41) is 21.7. The molecule has 0 aliphatic heterocycles. The maximum atomic E-state index is 5.48. The Kier molecular flexibility index (Phi) is 16.4. The summed E-state index contributed by atoms with van der Waals surface area (Å²) < 4.78 is 12.1. The van der Waals surface area contributed by atoms with E-state index in [1.807, 2.05) is 12.1 Å². The van der Waals surface area contributed by atoms with E-state index < -0.39 is 0 Å². The minimum Gasteiger partial charge on any atom is -0.309 e. The molecule has 0 bridgehead atoms. The Morgan fingerprint density at radius 3 is 0.963 bits per heavy atom. The number of benzene rings is 21. The summed E-state index contributed by atoms with van der Waals surface area (Å²) in [7, 11) is 0. The summed E-state index contributed by atoms with van der Waals surface area (Å²) in [4.78, 5) is 21.8. The second-order valence-corrected chi connectivity index (χ2v) is 36.3. The van der Waals surface area contributed by atoms with Gasteiger partial charge in [-0.15, -0.1) is 0 Å². The number of hydrogen-bond donors (Lipinski definition) is 0. The second kappa shape index (κ2) is 29.2. The third-order valence-electron chi connectivity index (χ3n) is 28.6. The third-order valence-corrected chi connectivity index (χ3v) is 28.6. The molecule has 0 radical (unpaired) electrons. The molecule has 0 fully saturated rings. The molecule has 0 N–H and O–H groups in total. The molecular formula is C125H79N9. The van der Waals surface area contributed by atoms with Crippen molar-refractivity contribution in [2.24, 2.45) is 0 Å². The zero-order valence-electron chi connectivity index (χ0n) is 73.2. The fourth-order valence-corrected chi connectivity index (χ4v) is 22.6. The summed E-state index contributed by atoms with van der Waals surface area (Å²) in [5.41, 5.74) is 33.6. The van der Waals surface area contributed by atoms with Gasteiger partial charge >= 0.3 is 0 Å². The lowest BCUT2D eigenvalue weighted by Crippen LogP contribution is -2.16. The van der Waals surface area contributed by atoms with Crippen LogP contribution in [-0.2, 0) is 5.41 Å². The van der Waals surface area contributed by atoms with Crippen molar-refractivity contribution in [2.45, 2.75) is 19.3 Å². The summed E-state index contributed by atoms with van der Waals surface area (Å²) in [5.74, 6) is 0. The fourth-order valence-electron chi connectivity index (χ4n) is 22.6. The van der Waals surface area contributed by atoms with Crippen LogP contribution in [-0.4, -0.2) is 42.8 Å². The molecule has 0 unspecified atom stereocenters. The molecule has 624 valence electrons. The van der Waals surface area contributed by atoms with E-state index in [0.717, 1.165) is 134 Å². The second-order valence-electron chi connectivity index (χ2n) is 36.3. The molecule has 21 aromatic carbocycles. The summed E-state index contributed by atoms with van der Waals surface area (Å²) in [6, 6.07) is 161. The topological polar surface area (TPSA) is 76.2 Å². The van der Waals surface area contributed by atoms with E-state index in [0.29, 0.717) is 0 Å². The Hall–Kier alpha value is -17.7. The van der Waals surface area contributed by atoms with Crippen LogP contribution in [0, 0.1) is 0 Å². The van der Waals surface area contributed by atoms with Crippen LogP contribution in [0.15, 0.2) is 443 Å². The van der Waals surface area contributed by atoms with Gasteiger partial charge in [0.2, 0.25) is 0 Å². The van der Waals surface area contributed by atoms with Crippen LogP contribution in [0.5, 0.6) is 0 Å². The van der Waals surface area contributed by atoms with E-state index in [4.69, 9.17) is 19.9 Å². The lowest BCUT2D eigenvalue weighted by atomic mass is 9.79. The molecule has 7 aromatic heterocycles. The van der Waals surface area contributed by atoms with Crippen molar-refractivity contribution in [1.29, 1.82) is 0 Å². The molecule has 0 spiro atoms. The van der Waals surface area contributed by atoms with Gasteiger partial charge in [-0.25, -0.2) is 19.9 Å². The summed E-state index contributed by atoms with van der Waals surface area (Å²) in [6.07, 6.45) is 0. The third kappa shape index (κ3) is 11.4. The van der Waals surface area contributed by atoms with Gasteiger partial charge in [-0.05, 0) is 217 Å². The number of hydrogen-bond acceptors (Lipinski definition) is 4. The largest absolute Gasteiger partial charge is 0.309 e. The molecule has 0 saturated carbocycles. The molecular weight excluding hydrogens is 1630 g/mol. The van der Waals surface area contributed by atoms with Crippen LogP contribution in [0.1, 0.15) is 25.0 Å². The zero-order chi connectivity index (χ0) is 88.1. The number of nitrogens with zero attached hydrogens (tertiary/aromatic N) is 9. The van der Waals surface area contributed by atoms with Crippen LogP contribution in [0.25, 0.3) is 259 Å². The number of para-hydroxylation sites is 10. The highest BCUT2D eigenvalue weighted by molar-refractivity contribution is 6.19. The van der Waals surface area contributed by atoms with Crippen molar-refractivity contribution in [3.8, 4) is 84.6 Å². The number of aromatic nitrogens is 9. The number of fused-ring (bicyclic) bond motifs is 24. The van der Waals surface area contributed by atoms with Gasteiger partial charge in [0.05, 0.1) is 100 Å². The maximum absolute atomic E-state index is 5.48. The van der Waals surface area contributed by atoms with Gasteiger partial charge in [-0.1, -0.05) is 305 Å². The van der Waals surface area contributed by atoms with Gasteiger partial charge in [-0.2, -0.15) is 0 Å². The van der Waals surface area contributed by atoms with Gasteiger partial charge in [0, 0.05) is 110 Å². The monoisotopic (exact) mass is 1710 g/mol. The minimum atomic E-state index is -0.212. The number of rotatable bonds is 9. The molecule has 9 heteroatoms. The van der Waals surface area contributed by atoms with Crippen LogP contribution in [0.2, 0.25) is 0 Å². The Morgan fingerprint density at radius 2 is 0.478 bits per heavy atom. The Balaban J connectivity index is 0.000000134. The van der Waals surface area contributed by atoms with Crippen molar-refractivity contribution < 1.29 is 0 Å². The first-order chi connectivity index (χ1) is 66.2. The molecule has 9 nitrogen and oxygen atoms in total. The van der Waals surface area contributed by atoms with E-state index in [1.54, 1.807) is 0 Å².